The SMILES string of the molecule is O=C(N/C(=C/c1cccc(Br)c1)C(=O)N1CCOCC1)c1ccccc1. The average Bonchev–Trinajstić information content (AvgIpc) is 2.68. The van der Waals surface area contributed by atoms with Crippen LogP contribution in [0.25, 0.3) is 6.08 Å². The molecule has 1 saturated heterocycles. The lowest BCUT2D eigenvalue weighted by atomic mass is 10.1. The Labute approximate surface area is 160 Å². The lowest BCUT2D eigenvalue weighted by Gasteiger charge is -2.27. The molecule has 134 valence electrons. The Balaban J connectivity index is 1.87. The summed E-state index contributed by atoms with van der Waals surface area (Å²) in [6.45, 7) is 2.02. The maximum absolute atomic E-state index is 12.9. The number of amides is 2. The summed E-state index contributed by atoms with van der Waals surface area (Å²) in [5.74, 6) is -0.522. The van der Waals surface area contributed by atoms with Gasteiger partial charge in [-0.15, -0.1) is 0 Å². The van der Waals surface area contributed by atoms with Gasteiger partial charge in [-0.25, -0.2) is 0 Å². The fraction of sp³-hybridized carbons (Fsp3) is 0.200. The molecule has 3 rings (SSSR count). The molecule has 0 aromatic heterocycles. The molecule has 6 heteroatoms. The van der Waals surface area contributed by atoms with Crippen molar-refractivity contribution in [1.82, 2.24) is 10.2 Å². The topological polar surface area (TPSA) is 58.6 Å². The van der Waals surface area contributed by atoms with Crippen LogP contribution < -0.4 is 5.32 Å². The molecule has 1 heterocycles. The average molecular weight is 415 g/mol. The highest BCUT2D eigenvalue weighted by Crippen LogP contribution is 2.15. The number of carbonyl (C=O) groups excluding carboxylic acids is 2. The molecule has 1 aliphatic rings. The highest BCUT2D eigenvalue weighted by atomic mass is 79.9. The van der Waals surface area contributed by atoms with Crippen molar-refractivity contribution in [2.24, 2.45) is 0 Å². The third-order valence-corrected chi connectivity index (χ3v) is 4.47. The highest BCUT2D eigenvalue weighted by molar-refractivity contribution is 9.10. The Morgan fingerprint density at radius 1 is 1.04 bits per heavy atom. The lowest BCUT2D eigenvalue weighted by Crippen LogP contribution is -2.44. The summed E-state index contributed by atoms with van der Waals surface area (Å²) in [6, 6.07) is 16.4. The van der Waals surface area contributed by atoms with Crippen LogP contribution in [0.3, 0.4) is 0 Å². The zero-order valence-corrected chi connectivity index (χ0v) is 15.7. The van der Waals surface area contributed by atoms with Gasteiger partial charge in [0.25, 0.3) is 11.8 Å². The maximum Gasteiger partial charge on any atom is 0.270 e. The molecule has 0 bridgehead atoms. The fourth-order valence-corrected chi connectivity index (χ4v) is 3.05. The summed E-state index contributed by atoms with van der Waals surface area (Å²) in [7, 11) is 0. The minimum Gasteiger partial charge on any atom is -0.378 e. The Morgan fingerprint density at radius 2 is 1.77 bits per heavy atom. The van der Waals surface area contributed by atoms with Crippen molar-refractivity contribution < 1.29 is 14.3 Å². The van der Waals surface area contributed by atoms with Gasteiger partial charge >= 0.3 is 0 Å². The Morgan fingerprint density at radius 3 is 2.46 bits per heavy atom. The van der Waals surface area contributed by atoms with Crippen molar-refractivity contribution in [3.63, 3.8) is 0 Å². The van der Waals surface area contributed by atoms with Crippen molar-refractivity contribution in [2.45, 2.75) is 0 Å². The normalized spacial score (nSPS) is 14.8. The second-order valence-electron chi connectivity index (χ2n) is 5.84. The monoisotopic (exact) mass is 414 g/mol. The van der Waals surface area contributed by atoms with Crippen LogP contribution >= 0.6 is 15.9 Å². The second-order valence-corrected chi connectivity index (χ2v) is 6.75. The molecule has 0 unspecified atom stereocenters. The number of nitrogens with one attached hydrogen (secondary N) is 1. The molecular weight excluding hydrogens is 396 g/mol. The molecule has 0 atom stereocenters. The molecule has 0 radical (unpaired) electrons. The van der Waals surface area contributed by atoms with Crippen molar-refractivity contribution >= 4 is 33.8 Å². The summed E-state index contributed by atoms with van der Waals surface area (Å²) in [5.41, 5.74) is 1.57. The van der Waals surface area contributed by atoms with Gasteiger partial charge < -0.3 is 15.0 Å². The van der Waals surface area contributed by atoms with E-state index in [2.05, 4.69) is 21.2 Å². The first-order valence-corrected chi connectivity index (χ1v) is 9.13. The molecular formula is C20H19BrN2O3. The standard InChI is InChI=1S/C20H19BrN2O3/c21-17-8-4-5-15(13-17)14-18(20(25)23-9-11-26-12-10-23)22-19(24)16-6-2-1-3-7-16/h1-8,13-14H,9-12H2,(H,22,24)/b18-14+. The van der Waals surface area contributed by atoms with Crippen LogP contribution in [0, 0.1) is 0 Å². The number of hydrogen-bond donors (Lipinski definition) is 1. The fourth-order valence-electron chi connectivity index (χ4n) is 2.64. The first-order chi connectivity index (χ1) is 12.6. The third kappa shape index (κ3) is 4.80. The Hall–Kier alpha value is -2.44. The van der Waals surface area contributed by atoms with E-state index in [1.807, 2.05) is 30.3 Å². The van der Waals surface area contributed by atoms with E-state index in [-0.39, 0.29) is 17.5 Å². The molecule has 5 nitrogen and oxygen atoms in total. The molecule has 0 aliphatic carbocycles. The molecule has 1 fully saturated rings. The van der Waals surface area contributed by atoms with Crippen LogP contribution in [0.1, 0.15) is 15.9 Å². The first-order valence-electron chi connectivity index (χ1n) is 8.34. The lowest BCUT2D eigenvalue weighted by molar-refractivity contribution is -0.131. The number of nitrogens with zero attached hydrogens (tertiary/aromatic N) is 1. The summed E-state index contributed by atoms with van der Waals surface area (Å²) in [6.07, 6.45) is 1.70. The van der Waals surface area contributed by atoms with Crippen LogP contribution in [0.5, 0.6) is 0 Å². The van der Waals surface area contributed by atoms with Crippen molar-refractivity contribution in [1.29, 1.82) is 0 Å². The number of hydrogen-bond acceptors (Lipinski definition) is 3. The molecule has 26 heavy (non-hydrogen) atoms. The number of benzene rings is 2. The number of halogens is 1. The number of ether oxygens (including phenoxy) is 1. The van der Waals surface area contributed by atoms with Crippen LogP contribution in [0.15, 0.2) is 64.8 Å². The van der Waals surface area contributed by atoms with Gasteiger partial charge in [0.2, 0.25) is 0 Å². The molecule has 0 saturated carbocycles. The van der Waals surface area contributed by atoms with Crippen LogP contribution in [-0.2, 0) is 9.53 Å². The van der Waals surface area contributed by atoms with Gasteiger partial charge in [0, 0.05) is 23.1 Å². The molecule has 1 aliphatic heterocycles. The van der Waals surface area contributed by atoms with Gasteiger partial charge in [-0.2, -0.15) is 0 Å². The van der Waals surface area contributed by atoms with E-state index in [1.54, 1.807) is 35.2 Å². The van der Waals surface area contributed by atoms with Crippen molar-refractivity contribution in [3.8, 4) is 0 Å². The minimum absolute atomic E-state index is 0.211. The molecule has 2 amide bonds. The van der Waals surface area contributed by atoms with E-state index in [0.29, 0.717) is 31.9 Å². The second kappa shape index (κ2) is 8.78. The molecule has 1 N–H and O–H groups in total. The smallest absolute Gasteiger partial charge is 0.270 e. The largest absolute Gasteiger partial charge is 0.378 e. The van der Waals surface area contributed by atoms with Crippen LogP contribution in [-0.4, -0.2) is 43.0 Å². The van der Waals surface area contributed by atoms with Crippen molar-refractivity contribution in [2.75, 3.05) is 26.3 Å². The van der Waals surface area contributed by atoms with Crippen LogP contribution in [0.2, 0.25) is 0 Å². The van der Waals surface area contributed by atoms with Gasteiger partial charge in [-0.1, -0.05) is 46.3 Å². The number of rotatable bonds is 4. The third-order valence-electron chi connectivity index (χ3n) is 3.97. The molecule has 0 spiro atoms. The highest BCUT2D eigenvalue weighted by Gasteiger charge is 2.22. The van der Waals surface area contributed by atoms with Crippen LogP contribution in [0.4, 0.5) is 0 Å². The Bertz CT molecular complexity index is 815. The quantitative estimate of drug-likeness (QED) is 0.781. The molecule has 2 aromatic rings. The summed E-state index contributed by atoms with van der Waals surface area (Å²) >= 11 is 3.42. The van der Waals surface area contributed by atoms with E-state index in [9.17, 15) is 9.59 Å². The van der Waals surface area contributed by atoms with Gasteiger partial charge in [0.15, 0.2) is 0 Å². The van der Waals surface area contributed by atoms with Gasteiger partial charge in [0.05, 0.1) is 13.2 Å². The maximum atomic E-state index is 12.9. The predicted molar refractivity (Wildman–Crippen MR) is 103 cm³/mol. The summed E-state index contributed by atoms with van der Waals surface area (Å²) in [5, 5.41) is 2.77. The van der Waals surface area contributed by atoms with Gasteiger partial charge in [0.1, 0.15) is 5.70 Å². The zero-order valence-electron chi connectivity index (χ0n) is 14.2. The number of morpholine rings is 1. The zero-order chi connectivity index (χ0) is 18.4. The Kier molecular flexibility index (Phi) is 6.20. The minimum atomic E-state index is -0.312. The molecule has 2 aromatic carbocycles. The van der Waals surface area contributed by atoms with E-state index in [0.717, 1.165) is 10.0 Å². The first kappa shape index (κ1) is 18.4. The van der Waals surface area contributed by atoms with E-state index in [4.69, 9.17) is 4.74 Å². The summed E-state index contributed by atoms with van der Waals surface area (Å²) < 4.78 is 6.21. The predicted octanol–water partition coefficient (Wildman–Crippen LogP) is 3.08. The summed E-state index contributed by atoms with van der Waals surface area (Å²) in [4.78, 5) is 27.2. The number of carbonyl (C=O) groups is 2. The van der Waals surface area contributed by atoms with Crippen molar-refractivity contribution in [3.05, 3.63) is 75.9 Å². The van der Waals surface area contributed by atoms with E-state index < -0.39 is 0 Å². The van der Waals surface area contributed by atoms with E-state index in [1.165, 1.54) is 0 Å². The van der Waals surface area contributed by atoms with E-state index >= 15 is 0 Å². The van der Waals surface area contributed by atoms with Gasteiger partial charge in [-0.05, 0) is 35.9 Å². The van der Waals surface area contributed by atoms with Gasteiger partial charge in [-0.3, -0.25) is 9.59 Å².